The van der Waals surface area contributed by atoms with Crippen molar-refractivity contribution >= 4 is 22.4 Å². The van der Waals surface area contributed by atoms with Crippen molar-refractivity contribution in [3.8, 4) is 0 Å². The topological polar surface area (TPSA) is 66.8 Å². The number of hydrogen-bond acceptors (Lipinski definition) is 6. The van der Waals surface area contributed by atoms with Crippen LogP contribution in [0, 0.1) is 6.92 Å². The summed E-state index contributed by atoms with van der Waals surface area (Å²) in [4.78, 5) is 10.5. The van der Waals surface area contributed by atoms with Crippen LogP contribution >= 0.6 is 0 Å². The van der Waals surface area contributed by atoms with Gasteiger partial charge in [0.15, 0.2) is 5.82 Å². The second-order valence-electron chi connectivity index (χ2n) is 5.83. The molecule has 0 spiro atoms. The van der Waals surface area contributed by atoms with E-state index in [1.165, 1.54) is 10.8 Å². The van der Waals surface area contributed by atoms with Crippen molar-refractivity contribution in [1.29, 1.82) is 0 Å². The molecule has 2 aromatic heterocycles. The number of aryl methyl sites for hydroxylation is 1. The average Bonchev–Trinajstić information content (AvgIpc) is 3.05. The van der Waals surface area contributed by atoms with Gasteiger partial charge in [-0.05, 0) is 19.4 Å². The lowest BCUT2D eigenvalue weighted by Crippen LogP contribution is -2.27. The smallest absolute Gasteiger partial charge is 0.159 e. The largest absolute Gasteiger partial charge is 0.365 e. The zero-order valence-electron chi connectivity index (χ0n) is 13.0. The van der Waals surface area contributed by atoms with Crippen LogP contribution in [0.25, 0.3) is 10.8 Å². The number of benzene rings is 1. The maximum absolute atomic E-state index is 4.45. The molecule has 1 aliphatic rings. The van der Waals surface area contributed by atoms with Gasteiger partial charge >= 0.3 is 0 Å². The van der Waals surface area contributed by atoms with Gasteiger partial charge in [-0.25, -0.2) is 9.97 Å². The summed E-state index contributed by atoms with van der Waals surface area (Å²) >= 11 is 0. The standard InChI is InChI=1S/C17H18N6/c1-12-14-4-2-3-5-15(14)17(22-21-12)23-9-7-13(10-23)20-16-6-8-18-11-19-16/h2-6,8,11,13H,7,9-10H2,1H3,(H,18,19,20). The van der Waals surface area contributed by atoms with E-state index in [0.717, 1.165) is 36.8 Å². The minimum absolute atomic E-state index is 0.353. The Bertz CT molecular complexity index is 820. The van der Waals surface area contributed by atoms with Gasteiger partial charge in [-0.3, -0.25) is 0 Å². The number of fused-ring (bicyclic) bond motifs is 1. The summed E-state index contributed by atoms with van der Waals surface area (Å²) in [5.41, 5.74) is 0.971. The van der Waals surface area contributed by atoms with Crippen molar-refractivity contribution in [2.45, 2.75) is 19.4 Å². The predicted octanol–water partition coefficient (Wildman–Crippen LogP) is 2.42. The first-order valence-electron chi connectivity index (χ1n) is 7.81. The summed E-state index contributed by atoms with van der Waals surface area (Å²) < 4.78 is 0. The summed E-state index contributed by atoms with van der Waals surface area (Å²) in [6.07, 6.45) is 4.36. The van der Waals surface area contributed by atoms with Crippen molar-refractivity contribution in [3.05, 3.63) is 48.5 Å². The van der Waals surface area contributed by atoms with E-state index in [4.69, 9.17) is 0 Å². The lowest BCUT2D eigenvalue weighted by Gasteiger charge is -2.19. The highest BCUT2D eigenvalue weighted by Crippen LogP contribution is 2.28. The number of rotatable bonds is 3. The molecule has 1 unspecified atom stereocenters. The first-order chi connectivity index (χ1) is 11.3. The molecule has 1 aromatic carbocycles. The van der Waals surface area contributed by atoms with Crippen LogP contribution in [0.5, 0.6) is 0 Å². The molecule has 0 radical (unpaired) electrons. The third-order valence-electron chi connectivity index (χ3n) is 4.27. The fourth-order valence-corrected chi connectivity index (χ4v) is 3.11. The van der Waals surface area contributed by atoms with Crippen molar-refractivity contribution < 1.29 is 0 Å². The van der Waals surface area contributed by atoms with Crippen LogP contribution in [0.15, 0.2) is 42.9 Å². The zero-order valence-corrected chi connectivity index (χ0v) is 13.0. The van der Waals surface area contributed by atoms with Gasteiger partial charge in [0.25, 0.3) is 0 Å². The minimum Gasteiger partial charge on any atom is -0.365 e. The summed E-state index contributed by atoms with van der Waals surface area (Å²) in [5.74, 6) is 1.84. The highest BCUT2D eigenvalue weighted by Gasteiger charge is 2.25. The van der Waals surface area contributed by atoms with Gasteiger partial charge in [0.1, 0.15) is 12.1 Å². The molecule has 1 fully saturated rings. The monoisotopic (exact) mass is 306 g/mol. The van der Waals surface area contributed by atoms with E-state index in [2.05, 4.69) is 48.6 Å². The third-order valence-corrected chi connectivity index (χ3v) is 4.27. The van der Waals surface area contributed by atoms with Gasteiger partial charge in [0, 0.05) is 36.1 Å². The van der Waals surface area contributed by atoms with Gasteiger partial charge in [0.05, 0.1) is 5.69 Å². The van der Waals surface area contributed by atoms with E-state index in [-0.39, 0.29) is 0 Å². The van der Waals surface area contributed by atoms with Crippen LogP contribution in [0.1, 0.15) is 12.1 Å². The first-order valence-corrected chi connectivity index (χ1v) is 7.81. The van der Waals surface area contributed by atoms with E-state index >= 15 is 0 Å². The Kier molecular flexibility index (Phi) is 3.49. The highest BCUT2D eigenvalue weighted by atomic mass is 15.3. The van der Waals surface area contributed by atoms with Crippen LogP contribution in [0.3, 0.4) is 0 Å². The van der Waals surface area contributed by atoms with Gasteiger partial charge < -0.3 is 10.2 Å². The molecule has 0 aliphatic carbocycles. The Balaban J connectivity index is 1.57. The lowest BCUT2D eigenvalue weighted by atomic mass is 10.1. The third kappa shape index (κ3) is 2.67. The van der Waals surface area contributed by atoms with Crippen molar-refractivity contribution in [3.63, 3.8) is 0 Å². The first kappa shape index (κ1) is 13.9. The van der Waals surface area contributed by atoms with E-state index in [9.17, 15) is 0 Å². The second-order valence-corrected chi connectivity index (χ2v) is 5.83. The Morgan fingerprint density at radius 3 is 2.83 bits per heavy atom. The normalized spacial score (nSPS) is 17.6. The van der Waals surface area contributed by atoms with E-state index in [1.54, 1.807) is 12.5 Å². The molecule has 3 heterocycles. The molecule has 1 aliphatic heterocycles. The Hall–Kier alpha value is -2.76. The summed E-state index contributed by atoms with van der Waals surface area (Å²) in [6.45, 7) is 3.86. The molecule has 6 nitrogen and oxygen atoms in total. The Morgan fingerprint density at radius 2 is 2.00 bits per heavy atom. The SMILES string of the molecule is Cc1nnc(N2CCC(Nc3ccncn3)C2)c2ccccc12. The molecule has 4 rings (SSSR count). The number of nitrogens with one attached hydrogen (secondary N) is 1. The predicted molar refractivity (Wildman–Crippen MR) is 90.5 cm³/mol. The van der Waals surface area contributed by atoms with Crippen LogP contribution in [0.4, 0.5) is 11.6 Å². The minimum atomic E-state index is 0.353. The molecular formula is C17H18N6. The Labute approximate surface area is 134 Å². The highest BCUT2D eigenvalue weighted by molar-refractivity contribution is 5.93. The molecular weight excluding hydrogens is 288 g/mol. The number of nitrogens with zero attached hydrogens (tertiary/aromatic N) is 5. The second kappa shape index (κ2) is 5.79. The van der Waals surface area contributed by atoms with Crippen LogP contribution in [0.2, 0.25) is 0 Å². The quantitative estimate of drug-likeness (QED) is 0.801. The summed E-state index contributed by atoms with van der Waals surface area (Å²) in [6, 6.07) is 10.6. The summed E-state index contributed by atoms with van der Waals surface area (Å²) in [7, 11) is 0. The maximum atomic E-state index is 4.45. The van der Waals surface area contributed by atoms with Crippen LogP contribution < -0.4 is 10.2 Å². The molecule has 3 aromatic rings. The van der Waals surface area contributed by atoms with E-state index in [1.807, 2.05) is 19.1 Å². The number of anilines is 2. The summed E-state index contributed by atoms with van der Waals surface area (Å²) in [5, 5.41) is 14.6. The van der Waals surface area contributed by atoms with Gasteiger partial charge in [0.2, 0.25) is 0 Å². The fourth-order valence-electron chi connectivity index (χ4n) is 3.11. The van der Waals surface area contributed by atoms with Crippen molar-refractivity contribution in [2.24, 2.45) is 0 Å². The molecule has 6 heteroatoms. The Morgan fingerprint density at radius 1 is 1.13 bits per heavy atom. The van der Waals surface area contributed by atoms with Crippen molar-refractivity contribution in [2.75, 3.05) is 23.3 Å². The van der Waals surface area contributed by atoms with Gasteiger partial charge in [-0.15, -0.1) is 5.10 Å². The molecule has 116 valence electrons. The molecule has 1 saturated heterocycles. The van der Waals surface area contributed by atoms with E-state index in [0.29, 0.717) is 6.04 Å². The molecule has 0 amide bonds. The van der Waals surface area contributed by atoms with Gasteiger partial charge in [-0.2, -0.15) is 5.10 Å². The molecule has 0 bridgehead atoms. The van der Waals surface area contributed by atoms with Crippen LogP contribution in [-0.4, -0.2) is 39.3 Å². The number of hydrogen-bond donors (Lipinski definition) is 1. The lowest BCUT2D eigenvalue weighted by molar-refractivity contribution is 0.797. The fraction of sp³-hybridized carbons (Fsp3) is 0.294. The molecule has 1 N–H and O–H groups in total. The zero-order chi connectivity index (χ0) is 15.6. The van der Waals surface area contributed by atoms with E-state index < -0.39 is 0 Å². The number of aromatic nitrogens is 4. The molecule has 0 saturated carbocycles. The average molecular weight is 306 g/mol. The molecule has 1 atom stereocenters. The van der Waals surface area contributed by atoms with Gasteiger partial charge in [-0.1, -0.05) is 24.3 Å². The van der Waals surface area contributed by atoms with Crippen molar-refractivity contribution in [1.82, 2.24) is 20.2 Å². The molecule has 23 heavy (non-hydrogen) atoms. The maximum Gasteiger partial charge on any atom is 0.159 e. The van der Waals surface area contributed by atoms with Crippen LogP contribution in [-0.2, 0) is 0 Å².